The molecule has 0 spiro atoms. The molecule has 1 aromatic rings. The average molecular weight is 304 g/mol. The Kier molecular flexibility index (Phi) is 4.59. The molecule has 1 saturated heterocycles. The minimum Gasteiger partial charge on any atom is -0.395 e. The number of hydrogen-bond acceptors (Lipinski definition) is 4. The fourth-order valence-corrected chi connectivity index (χ4v) is 3.38. The minimum atomic E-state index is 0.0788. The van der Waals surface area contributed by atoms with Gasteiger partial charge in [-0.1, -0.05) is 11.8 Å². The Morgan fingerprint density at radius 1 is 1.33 bits per heavy atom. The van der Waals surface area contributed by atoms with Crippen molar-refractivity contribution in [1.29, 1.82) is 0 Å². The maximum absolute atomic E-state index is 12.5. The summed E-state index contributed by atoms with van der Waals surface area (Å²) in [6.45, 7) is 3.75. The van der Waals surface area contributed by atoms with Crippen molar-refractivity contribution in [3.05, 3.63) is 21.9 Å². The highest BCUT2D eigenvalue weighted by Crippen LogP contribution is 2.27. The summed E-state index contributed by atoms with van der Waals surface area (Å²) in [7, 11) is 0. The third-order valence-corrected chi connectivity index (χ3v) is 4.81. The van der Waals surface area contributed by atoms with E-state index in [1.807, 2.05) is 16.3 Å². The van der Waals surface area contributed by atoms with Crippen LogP contribution in [0.4, 0.5) is 0 Å². The van der Waals surface area contributed by atoms with Gasteiger partial charge in [0.1, 0.15) is 0 Å². The van der Waals surface area contributed by atoms with Crippen molar-refractivity contribution in [2.24, 2.45) is 0 Å². The average Bonchev–Trinajstić information content (AvgIpc) is 3.26. The first-order chi connectivity index (χ1) is 10.3. The molecule has 2 heterocycles. The van der Waals surface area contributed by atoms with Crippen molar-refractivity contribution in [1.82, 2.24) is 9.80 Å². The van der Waals surface area contributed by atoms with E-state index in [0.29, 0.717) is 6.42 Å². The second-order valence-electron chi connectivity index (χ2n) is 5.53. The van der Waals surface area contributed by atoms with Crippen molar-refractivity contribution < 1.29 is 9.90 Å². The Balaban J connectivity index is 1.57. The van der Waals surface area contributed by atoms with Gasteiger partial charge in [-0.15, -0.1) is 11.3 Å². The van der Waals surface area contributed by atoms with Gasteiger partial charge in [0.05, 0.1) is 17.0 Å². The highest BCUT2D eigenvalue weighted by atomic mass is 32.1. The van der Waals surface area contributed by atoms with Crippen LogP contribution in [0.1, 0.15) is 34.5 Å². The maximum atomic E-state index is 12.5. The molecule has 1 amide bonds. The van der Waals surface area contributed by atoms with E-state index in [1.165, 1.54) is 24.2 Å². The molecule has 1 aliphatic heterocycles. The van der Waals surface area contributed by atoms with Gasteiger partial charge in [0.2, 0.25) is 0 Å². The third kappa shape index (κ3) is 3.65. The van der Waals surface area contributed by atoms with Crippen LogP contribution in [0.25, 0.3) is 0 Å². The molecular weight excluding hydrogens is 284 g/mol. The zero-order chi connectivity index (χ0) is 14.7. The van der Waals surface area contributed by atoms with Crippen LogP contribution in [0, 0.1) is 11.8 Å². The van der Waals surface area contributed by atoms with Crippen LogP contribution in [-0.4, -0.2) is 59.6 Å². The molecule has 0 bridgehead atoms. The number of nitrogens with zero attached hydrogens (tertiary/aromatic N) is 2. The summed E-state index contributed by atoms with van der Waals surface area (Å²) >= 11 is 1.49. The zero-order valence-electron chi connectivity index (χ0n) is 12.0. The summed E-state index contributed by atoms with van der Waals surface area (Å²) in [4.78, 5) is 17.8. The van der Waals surface area contributed by atoms with E-state index < -0.39 is 0 Å². The molecule has 4 nitrogen and oxygen atoms in total. The molecule has 1 N–H and O–H groups in total. The lowest BCUT2D eigenvalue weighted by Crippen LogP contribution is -2.49. The highest BCUT2D eigenvalue weighted by molar-refractivity contribution is 7.10. The van der Waals surface area contributed by atoms with Gasteiger partial charge < -0.3 is 10.0 Å². The molecule has 2 aliphatic rings. The van der Waals surface area contributed by atoms with Crippen LogP contribution in [0.5, 0.6) is 0 Å². The van der Waals surface area contributed by atoms with E-state index in [1.54, 1.807) is 0 Å². The number of aliphatic hydroxyl groups excluding tert-OH is 1. The normalized spacial score (nSPS) is 19.2. The molecule has 0 atom stereocenters. The Morgan fingerprint density at radius 3 is 2.76 bits per heavy atom. The van der Waals surface area contributed by atoms with E-state index in [0.717, 1.165) is 42.7 Å². The number of hydrogen-bond donors (Lipinski definition) is 1. The standard InChI is InChI=1S/C16H20N2O2S/c19-10-2-1-3-15-11-13(12-21-15)16(20)18-8-6-17(7-9-18)14-4-5-14/h11-12,14,19H,2,4-10H2. The van der Waals surface area contributed by atoms with Crippen LogP contribution in [0.3, 0.4) is 0 Å². The molecule has 3 rings (SSSR count). The molecule has 5 heteroatoms. The number of carbonyl (C=O) groups is 1. The number of piperazine rings is 1. The Bertz CT molecular complexity index is 560. The van der Waals surface area contributed by atoms with Gasteiger partial charge in [0.25, 0.3) is 5.91 Å². The largest absolute Gasteiger partial charge is 0.395 e. The van der Waals surface area contributed by atoms with E-state index in [-0.39, 0.29) is 12.5 Å². The summed E-state index contributed by atoms with van der Waals surface area (Å²) in [5, 5.41) is 10.6. The van der Waals surface area contributed by atoms with E-state index in [2.05, 4.69) is 16.7 Å². The molecule has 1 aliphatic carbocycles. The van der Waals surface area contributed by atoms with Crippen LogP contribution in [-0.2, 0) is 0 Å². The van der Waals surface area contributed by atoms with Crippen molar-refractivity contribution >= 4 is 17.2 Å². The number of carbonyl (C=O) groups excluding carboxylic acids is 1. The highest BCUT2D eigenvalue weighted by Gasteiger charge is 2.32. The second-order valence-corrected chi connectivity index (χ2v) is 6.45. The van der Waals surface area contributed by atoms with Crippen molar-refractivity contribution in [2.75, 3.05) is 32.8 Å². The predicted octanol–water partition coefficient (Wildman–Crippen LogP) is 1.40. The fraction of sp³-hybridized carbons (Fsp3) is 0.562. The zero-order valence-corrected chi connectivity index (χ0v) is 12.9. The van der Waals surface area contributed by atoms with Gasteiger partial charge in [-0.2, -0.15) is 0 Å². The van der Waals surface area contributed by atoms with E-state index in [9.17, 15) is 4.79 Å². The second kappa shape index (κ2) is 6.61. The lowest BCUT2D eigenvalue weighted by molar-refractivity contribution is 0.0628. The van der Waals surface area contributed by atoms with Crippen LogP contribution >= 0.6 is 11.3 Å². The van der Waals surface area contributed by atoms with Gasteiger partial charge in [0, 0.05) is 44.0 Å². The summed E-state index contributed by atoms with van der Waals surface area (Å²) in [6, 6.07) is 2.65. The molecule has 0 radical (unpaired) electrons. The summed E-state index contributed by atoms with van der Waals surface area (Å²) in [5.74, 6) is 5.99. The fourth-order valence-electron chi connectivity index (χ4n) is 2.63. The minimum absolute atomic E-state index is 0.0788. The Hall–Kier alpha value is -1.35. The van der Waals surface area contributed by atoms with Crippen molar-refractivity contribution in [2.45, 2.75) is 25.3 Å². The third-order valence-electron chi connectivity index (χ3n) is 3.96. The van der Waals surface area contributed by atoms with Crippen LogP contribution < -0.4 is 0 Å². The van der Waals surface area contributed by atoms with Gasteiger partial charge >= 0.3 is 0 Å². The van der Waals surface area contributed by atoms with Crippen molar-refractivity contribution in [3.63, 3.8) is 0 Å². The number of thiophene rings is 1. The molecule has 1 aromatic heterocycles. The first kappa shape index (κ1) is 14.6. The Labute approximate surface area is 129 Å². The number of aliphatic hydroxyl groups is 1. The number of rotatable bonds is 3. The monoisotopic (exact) mass is 304 g/mol. The summed E-state index contributed by atoms with van der Waals surface area (Å²) < 4.78 is 0. The lowest BCUT2D eigenvalue weighted by Gasteiger charge is -2.34. The molecule has 112 valence electrons. The maximum Gasteiger partial charge on any atom is 0.254 e. The summed E-state index contributed by atoms with van der Waals surface area (Å²) in [6.07, 6.45) is 3.13. The van der Waals surface area contributed by atoms with E-state index in [4.69, 9.17) is 5.11 Å². The van der Waals surface area contributed by atoms with Gasteiger partial charge in [-0.3, -0.25) is 9.69 Å². The first-order valence-corrected chi connectivity index (χ1v) is 8.37. The molecular formula is C16H20N2O2S. The molecule has 1 saturated carbocycles. The topological polar surface area (TPSA) is 43.8 Å². The van der Waals surface area contributed by atoms with Crippen LogP contribution in [0.2, 0.25) is 0 Å². The molecule has 0 unspecified atom stereocenters. The first-order valence-electron chi connectivity index (χ1n) is 7.49. The number of amides is 1. The molecule has 21 heavy (non-hydrogen) atoms. The molecule has 2 fully saturated rings. The predicted molar refractivity (Wildman–Crippen MR) is 83.4 cm³/mol. The van der Waals surface area contributed by atoms with Crippen molar-refractivity contribution in [3.8, 4) is 11.8 Å². The lowest BCUT2D eigenvalue weighted by atomic mass is 10.2. The van der Waals surface area contributed by atoms with E-state index >= 15 is 0 Å². The van der Waals surface area contributed by atoms with Crippen LogP contribution in [0.15, 0.2) is 11.4 Å². The molecule has 0 aromatic carbocycles. The van der Waals surface area contributed by atoms with Gasteiger partial charge in [-0.25, -0.2) is 0 Å². The van der Waals surface area contributed by atoms with Gasteiger partial charge in [0.15, 0.2) is 0 Å². The van der Waals surface area contributed by atoms with Gasteiger partial charge in [-0.05, 0) is 18.9 Å². The SMILES string of the molecule is O=C(c1csc(C#CCCO)c1)N1CCN(C2CC2)CC1. The quantitative estimate of drug-likeness (QED) is 0.859. The Morgan fingerprint density at radius 2 is 2.10 bits per heavy atom. The smallest absolute Gasteiger partial charge is 0.254 e. The summed E-state index contributed by atoms with van der Waals surface area (Å²) in [5.41, 5.74) is 0.744.